The van der Waals surface area contributed by atoms with Gasteiger partial charge in [0.25, 0.3) is 0 Å². The van der Waals surface area contributed by atoms with E-state index in [9.17, 15) is 9.59 Å². The highest BCUT2D eigenvalue weighted by molar-refractivity contribution is 14.1. The summed E-state index contributed by atoms with van der Waals surface area (Å²) in [5, 5.41) is 0. The molecule has 0 atom stereocenters. The second-order valence-corrected chi connectivity index (χ2v) is 7.70. The van der Waals surface area contributed by atoms with E-state index in [1.54, 1.807) is 30.5 Å². The largest absolute Gasteiger partial charge is 0.491 e. The molecule has 1 amide bonds. The number of rotatable bonds is 5. The highest BCUT2D eigenvalue weighted by Gasteiger charge is 2.23. The van der Waals surface area contributed by atoms with Gasteiger partial charge in [-0.15, -0.1) is 0 Å². The molecule has 0 unspecified atom stereocenters. The second-order valence-electron chi connectivity index (χ2n) is 6.62. The van der Waals surface area contributed by atoms with Crippen LogP contribution in [0.2, 0.25) is 0 Å². The highest BCUT2D eigenvalue weighted by atomic mass is 127. The molecule has 146 valence electrons. The van der Waals surface area contributed by atoms with Gasteiger partial charge in [-0.05, 0) is 70.5 Å². The van der Waals surface area contributed by atoms with Crippen LogP contribution in [-0.4, -0.2) is 23.3 Å². The first-order valence-electron chi connectivity index (χ1n) is 9.01. The van der Waals surface area contributed by atoms with Gasteiger partial charge in [0.1, 0.15) is 11.5 Å². The molecule has 0 radical (unpaired) electrons. The maximum Gasteiger partial charge on any atom is 0.248 e. The zero-order valence-electron chi connectivity index (χ0n) is 15.4. The van der Waals surface area contributed by atoms with E-state index in [-0.39, 0.29) is 5.78 Å². The molecule has 4 rings (SSSR count). The van der Waals surface area contributed by atoms with E-state index in [0.717, 1.165) is 14.7 Å². The fourth-order valence-corrected chi connectivity index (χ4v) is 3.85. The van der Waals surface area contributed by atoms with Crippen LogP contribution in [-0.2, 0) is 6.42 Å². The third kappa shape index (κ3) is 4.24. The Morgan fingerprint density at radius 3 is 2.69 bits per heavy atom. The topological polar surface area (TPSA) is 91.5 Å². The lowest BCUT2D eigenvalue weighted by Crippen LogP contribution is -2.16. The average molecular weight is 500 g/mol. The molecule has 6 nitrogen and oxygen atoms in total. The predicted molar refractivity (Wildman–Crippen MR) is 116 cm³/mol. The zero-order chi connectivity index (χ0) is 20.4. The number of benzene rings is 2. The van der Waals surface area contributed by atoms with Crippen molar-refractivity contribution in [1.82, 2.24) is 4.98 Å². The lowest BCUT2D eigenvalue weighted by atomic mass is 10.0. The Morgan fingerprint density at radius 2 is 1.93 bits per heavy atom. The molecule has 2 N–H and O–H groups in total. The Labute approximate surface area is 181 Å². The number of halogens is 1. The summed E-state index contributed by atoms with van der Waals surface area (Å²) in [6, 6.07) is 14.5. The van der Waals surface area contributed by atoms with Crippen LogP contribution in [0.5, 0.6) is 17.4 Å². The molecule has 0 saturated heterocycles. The third-order valence-electron chi connectivity index (χ3n) is 4.60. The number of ketones is 1. The van der Waals surface area contributed by atoms with Crippen molar-refractivity contribution < 1.29 is 19.1 Å². The summed E-state index contributed by atoms with van der Waals surface area (Å²) in [7, 11) is 0. The number of amides is 1. The Bertz CT molecular complexity index is 1100. The number of pyridine rings is 1. The van der Waals surface area contributed by atoms with Gasteiger partial charge in [0.2, 0.25) is 11.8 Å². The average Bonchev–Trinajstić information content (AvgIpc) is 2.71. The van der Waals surface area contributed by atoms with Gasteiger partial charge >= 0.3 is 0 Å². The maximum absolute atomic E-state index is 12.0. The Morgan fingerprint density at radius 1 is 1.14 bits per heavy atom. The molecule has 29 heavy (non-hydrogen) atoms. The molecule has 1 aliphatic heterocycles. The molecule has 2 aromatic carbocycles. The van der Waals surface area contributed by atoms with E-state index in [0.29, 0.717) is 48.0 Å². The number of carbonyl (C=O) groups excluding carboxylic acids is 2. The van der Waals surface area contributed by atoms with Gasteiger partial charge in [0.05, 0.1) is 15.7 Å². The Kier molecular flexibility index (Phi) is 5.48. The van der Waals surface area contributed by atoms with Crippen molar-refractivity contribution in [2.45, 2.75) is 12.8 Å². The molecule has 3 aromatic rings. The van der Waals surface area contributed by atoms with E-state index < -0.39 is 5.91 Å². The van der Waals surface area contributed by atoms with Crippen LogP contribution in [0.4, 0.5) is 0 Å². The van der Waals surface area contributed by atoms with E-state index in [4.69, 9.17) is 15.2 Å². The van der Waals surface area contributed by atoms with Gasteiger partial charge in [-0.1, -0.05) is 12.1 Å². The SMILES string of the molecule is NC(=O)c1ccc(Cc2ccnc(Oc3ccc4c(c3I)OCCC4=O)c2)cc1. The molecular weight excluding hydrogens is 483 g/mol. The number of carbonyl (C=O) groups is 2. The normalized spacial score (nSPS) is 12.8. The standard InChI is InChI=1S/C22H17IN2O4/c23-20-18(6-5-16-17(26)8-10-28-21(16)20)29-19-12-14(7-9-25-19)11-13-1-3-15(4-2-13)22(24)27/h1-7,9,12H,8,10-11H2,(H2,24,27). The Balaban J connectivity index is 1.54. The first-order chi connectivity index (χ1) is 14.0. The first kappa shape index (κ1) is 19.4. The van der Waals surface area contributed by atoms with Crippen LogP contribution < -0.4 is 15.2 Å². The maximum atomic E-state index is 12.0. The molecule has 0 spiro atoms. The number of aromatic nitrogens is 1. The van der Waals surface area contributed by atoms with E-state index in [1.807, 2.05) is 24.3 Å². The van der Waals surface area contributed by atoms with E-state index >= 15 is 0 Å². The monoisotopic (exact) mass is 500 g/mol. The number of nitrogens with zero attached hydrogens (tertiary/aromatic N) is 1. The number of ether oxygens (including phenoxy) is 2. The molecule has 2 heterocycles. The van der Waals surface area contributed by atoms with Gasteiger partial charge in [0, 0.05) is 24.2 Å². The predicted octanol–water partition coefficient (Wildman–Crippen LogP) is 4.13. The van der Waals surface area contributed by atoms with Crippen LogP contribution in [0, 0.1) is 3.57 Å². The number of Topliss-reactive ketones (excluding diaryl/α,β-unsaturated/α-hetero) is 1. The quantitative estimate of drug-likeness (QED) is 0.532. The summed E-state index contributed by atoms with van der Waals surface area (Å²) < 4.78 is 12.4. The van der Waals surface area contributed by atoms with Crippen molar-refractivity contribution in [1.29, 1.82) is 0 Å². The third-order valence-corrected chi connectivity index (χ3v) is 5.62. The minimum Gasteiger partial charge on any atom is -0.491 e. The van der Waals surface area contributed by atoms with Crippen LogP contribution in [0.3, 0.4) is 0 Å². The molecule has 1 aromatic heterocycles. The second kappa shape index (κ2) is 8.20. The van der Waals surface area contributed by atoms with Gasteiger partial charge in [0.15, 0.2) is 5.78 Å². The molecule has 1 aliphatic rings. The molecule has 0 aliphatic carbocycles. The smallest absolute Gasteiger partial charge is 0.248 e. The van der Waals surface area contributed by atoms with Gasteiger partial charge in [-0.3, -0.25) is 9.59 Å². The van der Waals surface area contributed by atoms with E-state index in [2.05, 4.69) is 27.6 Å². The molecule has 7 heteroatoms. The lowest BCUT2D eigenvalue weighted by Gasteiger charge is -2.19. The summed E-state index contributed by atoms with van der Waals surface area (Å²) in [5.41, 5.74) is 8.41. The van der Waals surface area contributed by atoms with Crippen molar-refractivity contribution in [2.75, 3.05) is 6.61 Å². The van der Waals surface area contributed by atoms with Crippen LogP contribution in [0.15, 0.2) is 54.7 Å². The number of hydrogen-bond acceptors (Lipinski definition) is 5. The summed E-state index contributed by atoms with van der Waals surface area (Å²) in [6.07, 6.45) is 2.75. The van der Waals surface area contributed by atoms with E-state index in [1.165, 1.54) is 0 Å². The van der Waals surface area contributed by atoms with Crippen molar-refractivity contribution in [3.05, 3.63) is 80.6 Å². The minimum atomic E-state index is -0.443. The first-order valence-corrected chi connectivity index (χ1v) is 10.1. The van der Waals surface area contributed by atoms with Crippen LogP contribution in [0.25, 0.3) is 0 Å². The summed E-state index contributed by atoms with van der Waals surface area (Å²) in [6.45, 7) is 0.383. The fraction of sp³-hybridized carbons (Fsp3) is 0.136. The highest BCUT2D eigenvalue weighted by Crippen LogP contribution is 2.38. The molecule has 0 saturated carbocycles. The van der Waals surface area contributed by atoms with Gasteiger partial charge < -0.3 is 15.2 Å². The van der Waals surface area contributed by atoms with Crippen molar-refractivity contribution in [3.8, 4) is 17.4 Å². The number of fused-ring (bicyclic) bond motifs is 1. The Hall–Kier alpha value is -2.94. The number of primary amides is 1. The van der Waals surface area contributed by atoms with Crippen molar-refractivity contribution in [3.63, 3.8) is 0 Å². The molecule has 0 fully saturated rings. The van der Waals surface area contributed by atoms with Crippen molar-refractivity contribution in [2.24, 2.45) is 5.73 Å². The fourth-order valence-electron chi connectivity index (χ4n) is 3.11. The molecular formula is C22H17IN2O4. The lowest BCUT2D eigenvalue weighted by molar-refractivity contribution is 0.0931. The van der Waals surface area contributed by atoms with Crippen molar-refractivity contribution >= 4 is 34.3 Å². The molecule has 0 bridgehead atoms. The van der Waals surface area contributed by atoms with Gasteiger partial charge in [-0.2, -0.15) is 0 Å². The van der Waals surface area contributed by atoms with Gasteiger partial charge in [-0.25, -0.2) is 4.98 Å². The van der Waals surface area contributed by atoms with Crippen LogP contribution >= 0.6 is 22.6 Å². The van der Waals surface area contributed by atoms with Crippen LogP contribution in [0.1, 0.15) is 38.3 Å². The number of nitrogens with two attached hydrogens (primary N) is 1. The summed E-state index contributed by atoms with van der Waals surface area (Å²) in [5.74, 6) is 1.26. The summed E-state index contributed by atoms with van der Waals surface area (Å²) >= 11 is 2.13. The minimum absolute atomic E-state index is 0.0817. The summed E-state index contributed by atoms with van der Waals surface area (Å²) in [4.78, 5) is 27.5. The number of hydrogen-bond donors (Lipinski definition) is 1. The zero-order valence-corrected chi connectivity index (χ0v) is 17.5.